The minimum absolute atomic E-state index is 0.0397. The average Bonchev–Trinajstić information content (AvgIpc) is 3.47. The Morgan fingerprint density at radius 3 is 2.63 bits per heavy atom. The first-order valence-corrected chi connectivity index (χ1v) is 10.5. The first-order valence-electron chi connectivity index (χ1n) is 10.5. The molecule has 1 aromatic carbocycles. The lowest BCUT2D eigenvalue weighted by molar-refractivity contribution is -0.134. The molecule has 4 heterocycles. The lowest BCUT2D eigenvalue weighted by atomic mass is 9.90. The van der Waals surface area contributed by atoms with Crippen molar-refractivity contribution in [3.63, 3.8) is 0 Å². The van der Waals surface area contributed by atoms with Gasteiger partial charge < -0.3 is 10.6 Å². The molecular formula is C21H31N5O. The van der Waals surface area contributed by atoms with E-state index in [2.05, 4.69) is 32.8 Å². The van der Waals surface area contributed by atoms with E-state index in [0.29, 0.717) is 12.0 Å². The van der Waals surface area contributed by atoms with E-state index in [-0.39, 0.29) is 24.0 Å². The van der Waals surface area contributed by atoms with Crippen LogP contribution in [0.4, 0.5) is 0 Å². The summed E-state index contributed by atoms with van der Waals surface area (Å²) in [6, 6.07) is 10.4. The maximum absolute atomic E-state index is 13.5. The van der Waals surface area contributed by atoms with Gasteiger partial charge in [0.2, 0.25) is 5.91 Å². The van der Waals surface area contributed by atoms with Gasteiger partial charge in [0.25, 0.3) is 0 Å². The Morgan fingerprint density at radius 2 is 1.85 bits per heavy atom. The summed E-state index contributed by atoms with van der Waals surface area (Å²) >= 11 is 0. The summed E-state index contributed by atoms with van der Waals surface area (Å²) in [5, 5.41) is 0. The van der Waals surface area contributed by atoms with E-state index in [9.17, 15) is 4.79 Å². The van der Waals surface area contributed by atoms with Crippen LogP contribution in [0.15, 0.2) is 30.3 Å². The topological polar surface area (TPSA) is 73.6 Å². The van der Waals surface area contributed by atoms with Gasteiger partial charge in [-0.2, -0.15) is 0 Å². The number of rotatable bonds is 4. The highest BCUT2D eigenvalue weighted by atomic mass is 16.2. The fourth-order valence-corrected chi connectivity index (χ4v) is 5.27. The second kappa shape index (κ2) is 7.17. The zero-order valence-corrected chi connectivity index (χ0v) is 15.9. The van der Waals surface area contributed by atoms with Crippen LogP contribution in [0.1, 0.15) is 37.2 Å². The predicted octanol–water partition coefficient (Wildman–Crippen LogP) is 0.864. The highest BCUT2D eigenvalue weighted by Crippen LogP contribution is 2.35. The molecule has 5 fully saturated rings. The van der Waals surface area contributed by atoms with Gasteiger partial charge in [-0.3, -0.25) is 9.69 Å². The number of carbonyl (C=O) groups excluding carboxylic acids is 1. The number of carbonyl (C=O) groups is 1. The molecule has 0 radical (unpaired) electrons. The summed E-state index contributed by atoms with van der Waals surface area (Å²) < 4.78 is 0. The molecule has 1 aromatic rings. The third-order valence-electron chi connectivity index (χ3n) is 6.93. The zero-order valence-electron chi connectivity index (χ0n) is 15.9. The molecule has 27 heavy (non-hydrogen) atoms. The monoisotopic (exact) mass is 369 g/mol. The minimum atomic E-state index is -0.295. The van der Waals surface area contributed by atoms with Gasteiger partial charge in [0.15, 0.2) is 0 Å². The molecule has 4 saturated heterocycles. The minimum Gasteiger partial charge on any atom is -0.339 e. The molecule has 4 N–H and O–H groups in total. The van der Waals surface area contributed by atoms with Crippen LogP contribution in [0.5, 0.6) is 0 Å². The molecule has 6 rings (SSSR count). The second-order valence-corrected chi connectivity index (χ2v) is 8.97. The second-order valence-electron chi connectivity index (χ2n) is 8.97. The highest BCUT2D eigenvalue weighted by Gasteiger charge is 2.44. The number of nitrogens with zero attached hydrogens (tertiary/aromatic N) is 2. The van der Waals surface area contributed by atoms with Crippen LogP contribution in [0, 0.1) is 11.8 Å². The van der Waals surface area contributed by atoms with Crippen molar-refractivity contribution >= 4 is 5.91 Å². The summed E-state index contributed by atoms with van der Waals surface area (Å²) in [4.78, 5) is 18.3. The van der Waals surface area contributed by atoms with E-state index in [1.165, 1.54) is 38.8 Å². The molecule has 6 heteroatoms. The van der Waals surface area contributed by atoms with E-state index in [1.807, 2.05) is 18.2 Å². The van der Waals surface area contributed by atoms with Crippen LogP contribution in [0.2, 0.25) is 0 Å². The summed E-state index contributed by atoms with van der Waals surface area (Å²) in [5.41, 5.74) is 13.7. The first-order chi connectivity index (χ1) is 13.2. The summed E-state index contributed by atoms with van der Waals surface area (Å²) in [6.07, 6.45) is 5.03. The van der Waals surface area contributed by atoms with Gasteiger partial charge in [-0.05, 0) is 43.1 Å². The summed E-state index contributed by atoms with van der Waals surface area (Å²) in [6.45, 7) is 4.18. The van der Waals surface area contributed by atoms with E-state index in [0.717, 1.165) is 24.6 Å². The van der Waals surface area contributed by atoms with Crippen LogP contribution in [-0.4, -0.2) is 60.1 Å². The average molecular weight is 370 g/mol. The third kappa shape index (κ3) is 3.51. The molecule has 146 valence electrons. The largest absolute Gasteiger partial charge is 0.339 e. The van der Waals surface area contributed by atoms with Gasteiger partial charge >= 0.3 is 0 Å². The molecule has 1 aliphatic carbocycles. The van der Waals surface area contributed by atoms with Crippen molar-refractivity contribution in [1.29, 1.82) is 0 Å². The van der Waals surface area contributed by atoms with Crippen molar-refractivity contribution in [1.82, 2.24) is 20.7 Å². The summed E-state index contributed by atoms with van der Waals surface area (Å²) in [7, 11) is 0. The Morgan fingerprint density at radius 1 is 1.04 bits per heavy atom. The van der Waals surface area contributed by atoms with Crippen LogP contribution in [-0.2, 0) is 4.79 Å². The Bertz CT molecular complexity index is 678. The van der Waals surface area contributed by atoms with E-state index in [1.54, 1.807) is 0 Å². The predicted molar refractivity (Wildman–Crippen MR) is 105 cm³/mol. The SMILES string of the molecule is NC1NNC(C(=O)N2C[C@H]3CC[C@@H](C2)N(CC2CC2)C3)C1c1ccccc1. The van der Waals surface area contributed by atoms with Crippen molar-refractivity contribution in [3.8, 4) is 0 Å². The smallest absolute Gasteiger partial charge is 0.241 e. The molecule has 4 aliphatic heterocycles. The number of benzene rings is 1. The van der Waals surface area contributed by atoms with Gasteiger partial charge in [0, 0.05) is 38.1 Å². The van der Waals surface area contributed by atoms with E-state index in [4.69, 9.17) is 5.73 Å². The number of fused-ring (bicyclic) bond motifs is 4. The van der Waals surface area contributed by atoms with Crippen LogP contribution in [0.25, 0.3) is 0 Å². The molecule has 5 atom stereocenters. The summed E-state index contributed by atoms with van der Waals surface area (Å²) in [5.74, 6) is 1.69. The molecule has 1 amide bonds. The lowest BCUT2D eigenvalue weighted by Gasteiger charge is -2.36. The molecular weight excluding hydrogens is 338 g/mol. The van der Waals surface area contributed by atoms with E-state index < -0.39 is 0 Å². The van der Waals surface area contributed by atoms with Gasteiger partial charge in [0.1, 0.15) is 6.04 Å². The number of piperidine rings is 1. The van der Waals surface area contributed by atoms with Crippen molar-refractivity contribution in [2.45, 2.75) is 49.9 Å². The van der Waals surface area contributed by atoms with Crippen molar-refractivity contribution in [2.75, 3.05) is 26.2 Å². The normalized spacial score (nSPS) is 36.8. The molecule has 0 spiro atoms. The fraction of sp³-hybridized carbons (Fsp3) is 0.667. The Labute approximate surface area is 161 Å². The molecule has 1 saturated carbocycles. The van der Waals surface area contributed by atoms with Gasteiger partial charge in [-0.1, -0.05) is 30.3 Å². The number of amides is 1. The maximum Gasteiger partial charge on any atom is 0.241 e. The molecule has 2 bridgehead atoms. The lowest BCUT2D eigenvalue weighted by Crippen LogP contribution is -2.50. The van der Waals surface area contributed by atoms with Crippen LogP contribution >= 0.6 is 0 Å². The standard InChI is InChI=1S/C21H31N5O/c22-20-18(16-4-2-1-3-5-16)19(23-24-20)21(27)26-12-15-8-9-17(13-26)25(11-15)10-14-6-7-14/h1-5,14-15,17-20,23-24H,6-13,22H2/t15-,17-,18?,19?,20?/m0/s1. The fourth-order valence-electron chi connectivity index (χ4n) is 5.27. The number of hydrogen-bond acceptors (Lipinski definition) is 5. The molecule has 5 aliphatic rings. The highest BCUT2D eigenvalue weighted by molar-refractivity contribution is 5.83. The number of hydrogen-bond donors (Lipinski definition) is 3. The van der Waals surface area contributed by atoms with Gasteiger partial charge in [-0.25, -0.2) is 10.9 Å². The van der Waals surface area contributed by atoms with Crippen molar-refractivity contribution in [3.05, 3.63) is 35.9 Å². The number of nitrogens with two attached hydrogens (primary N) is 1. The number of nitrogens with one attached hydrogen (secondary N) is 2. The van der Waals surface area contributed by atoms with Gasteiger partial charge in [0.05, 0.1) is 6.17 Å². The third-order valence-corrected chi connectivity index (χ3v) is 6.93. The maximum atomic E-state index is 13.5. The van der Waals surface area contributed by atoms with Crippen molar-refractivity contribution in [2.24, 2.45) is 17.6 Å². The van der Waals surface area contributed by atoms with Crippen molar-refractivity contribution < 1.29 is 4.79 Å². The molecule has 0 aromatic heterocycles. The molecule has 3 unspecified atom stereocenters. The van der Waals surface area contributed by atoms with Crippen LogP contribution < -0.4 is 16.6 Å². The first kappa shape index (κ1) is 17.6. The molecule has 6 nitrogen and oxygen atoms in total. The Hall–Kier alpha value is -1.47. The number of hydrazine groups is 1. The van der Waals surface area contributed by atoms with Crippen LogP contribution in [0.3, 0.4) is 0 Å². The zero-order chi connectivity index (χ0) is 18.4. The van der Waals surface area contributed by atoms with Gasteiger partial charge in [-0.15, -0.1) is 0 Å². The Balaban J connectivity index is 1.33. The quantitative estimate of drug-likeness (QED) is 0.734. The Kier molecular flexibility index (Phi) is 4.68. The van der Waals surface area contributed by atoms with E-state index >= 15 is 0 Å².